The lowest BCUT2D eigenvalue weighted by Gasteiger charge is -2.34. The second-order valence-electron chi connectivity index (χ2n) is 5.41. The van der Waals surface area contributed by atoms with E-state index in [2.05, 4.69) is 59.8 Å². The first kappa shape index (κ1) is 13.9. The van der Waals surface area contributed by atoms with E-state index in [9.17, 15) is 0 Å². The highest BCUT2D eigenvalue weighted by atomic mass is 15.2. The van der Waals surface area contributed by atoms with Crippen molar-refractivity contribution in [3.63, 3.8) is 0 Å². The molecule has 1 aromatic carbocycles. The summed E-state index contributed by atoms with van der Waals surface area (Å²) in [4.78, 5) is 4.85. The maximum Gasteiger partial charge on any atom is 0.0367 e. The molecule has 2 rings (SSSR count). The van der Waals surface area contributed by atoms with Crippen LogP contribution >= 0.6 is 0 Å². The van der Waals surface area contributed by atoms with Crippen molar-refractivity contribution in [3.8, 4) is 0 Å². The first-order valence-corrected chi connectivity index (χ1v) is 6.99. The SMILES string of the molecule is C=C(C)/C=C/Cc1ccc(N2CCN(C)CC2)cc1. The predicted molar refractivity (Wildman–Crippen MR) is 83.8 cm³/mol. The van der Waals surface area contributed by atoms with E-state index in [1.54, 1.807) is 0 Å². The molecule has 0 bridgehead atoms. The summed E-state index contributed by atoms with van der Waals surface area (Å²) in [5.41, 5.74) is 3.81. The first-order chi connectivity index (χ1) is 9.15. The Hall–Kier alpha value is -1.54. The van der Waals surface area contributed by atoms with E-state index < -0.39 is 0 Å². The zero-order valence-corrected chi connectivity index (χ0v) is 12.1. The molecule has 1 aliphatic rings. The van der Waals surface area contributed by atoms with E-state index >= 15 is 0 Å². The van der Waals surface area contributed by atoms with Gasteiger partial charge < -0.3 is 9.80 Å². The molecule has 2 nitrogen and oxygen atoms in total. The van der Waals surface area contributed by atoms with Crippen LogP contribution in [0.4, 0.5) is 5.69 Å². The van der Waals surface area contributed by atoms with Gasteiger partial charge in [-0.25, -0.2) is 0 Å². The second-order valence-corrected chi connectivity index (χ2v) is 5.41. The van der Waals surface area contributed by atoms with Crippen LogP contribution in [0.3, 0.4) is 0 Å². The number of hydrogen-bond acceptors (Lipinski definition) is 2. The van der Waals surface area contributed by atoms with E-state index in [1.807, 2.05) is 6.92 Å². The Morgan fingerprint density at radius 1 is 1.16 bits per heavy atom. The van der Waals surface area contributed by atoms with Gasteiger partial charge in [0.2, 0.25) is 0 Å². The zero-order valence-electron chi connectivity index (χ0n) is 12.1. The predicted octanol–water partition coefficient (Wildman–Crippen LogP) is 3.11. The number of hydrogen-bond donors (Lipinski definition) is 0. The Labute approximate surface area is 117 Å². The van der Waals surface area contributed by atoms with Crippen molar-refractivity contribution in [2.24, 2.45) is 0 Å². The molecule has 1 heterocycles. The van der Waals surface area contributed by atoms with Gasteiger partial charge in [-0.2, -0.15) is 0 Å². The molecule has 0 amide bonds. The highest BCUT2D eigenvalue weighted by Gasteiger charge is 2.13. The molecule has 1 saturated heterocycles. The fourth-order valence-electron chi connectivity index (χ4n) is 2.30. The van der Waals surface area contributed by atoms with Crippen LogP contribution in [0.2, 0.25) is 0 Å². The zero-order chi connectivity index (χ0) is 13.7. The highest BCUT2D eigenvalue weighted by Crippen LogP contribution is 2.17. The summed E-state index contributed by atoms with van der Waals surface area (Å²) in [6, 6.07) is 8.96. The molecule has 1 aliphatic heterocycles. The molecule has 2 heteroatoms. The lowest BCUT2D eigenvalue weighted by atomic mass is 10.1. The van der Waals surface area contributed by atoms with Gasteiger partial charge in [-0.05, 0) is 38.1 Å². The number of anilines is 1. The lowest BCUT2D eigenvalue weighted by Crippen LogP contribution is -2.44. The van der Waals surface area contributed by atoms with Crippen LogP contribution in [0.25, 0.3) is 0 Å². The van der Waals surface area contributed by atoms with Crippen LogP contribution < -0.4 is 4.90 Å². The fourth-order valence-corrected chi connectivity index (χ4v) is 2.30. The molecular formula is C17H24N2. The molecule has 1 fully saturated rings. The quantitative estimate of drug-likeness (QED) is 0.764. The van der Waals surface area contributed by atoms with Gasteiger partial charge >= 0.3 is 0 Å². The van der Waals surface area contributed by atoms with E-state index in [4.69, 9.17) is 0 Å². The van der Waals surface area contributed by atoms with Gasteiger partial charge in [0.05, 0.1) is 0 Å². The van der Waals surface area contributed by atoms with Crippen LogP contribution in [0.15, 0.2) is 48.6 Å². The van der Waals surface area contributed by atoms with Gasteiger partial charge in [0.15, 0.2) is 0 Å². The monoisotopic (exact) mass is 256 g/mol. The third-order valence-corrected chi connectivity index (χ3v) is 3.56. The van der Waals surface area contributed by atoms with Gasteiger partial charge in [0.25, 0.3) is 0 Å². The van der Waals surface area contributed by atoms with Crippen molar-refractivity contribution in [1.29, 1.82) is 0 Å². The van der Waals surface area contributed by atoms with Gasteiger partial charge in [-0.1, -0.05) is 36.4 Å². The number of likely N-dealkylation sites (N-methyl/N-ethyl adjacent to an activating group) is 1. The van der Waals surface area contributed by atoms with E-state index in [0.717, 1.165) is 38.2 Å². The van der Waals surface area contributed by atoms with Gasteiger partial charge in [-0.15, -0.1) is 0 Å². The second kappa shape index (κ2) is 6.58. The number of rotatable bonds is 4. The summed E-state index contributed by atoms with van der Waals surface area (Å²) in [6.45, 7) is 10.5. The van der Waals surface area contributed by atoms with Crippen molar-refractivity contribution in [2.45, 2.75) is 13.3 Å². The molecule has 19 heavy (non-hydrogen) atoms. The third-order valence-electron chi connectivity index (χ3n) is 3.56. The maximum absolute atomic E-state index is 3.87. The van der Waals surface area contributed by atoms with Crippen molar-refractivity contribution in [1.82, 2.24) is 4.90 Å². The summed E-state index contributed by atoms with van der Waals surface area (Å²) in [5.74, 6) is 0. The molecule has 0 unspecified atom stereocenters. The largest absolute Gasteiger partial charge is 0.369 e. The van der Waals surface area contributed by atoms with E-state index in [0.29, 0.717) is 0 Å². The van der Waals surface area contributed by atoms with Crippen LogP contribution in [-0.2, 0) is 6.42 Å². The number of benzene rings is 1. The topological polar surface area (TPSA) is 6.48 Å². The Morgan fingerprint density at radius 3 is 2.37 bits per heavy atom. The van der Waals surface area contributed by atoms with Gasteiger partial charge in [-0.3, -0.25) is 0 Å². The molecule has 0 atom stereocenters. The van der Waals surface area contributed by atoms with Crippen LogP contribution in [-0.4, -0.2) is 38.1 Å². The molecule has 0 aliphatic carbocycles. The summed E-state index contributed by atoms with van der Waals surface area (Å²) in [6.07, 6.45) is 5.23. The number of nitrogens with zero attached hydrogens (tertiary/aromatic N) is 2. The Bertz CT molecular complexity index is 437. The van der Waals surface area contributed by atoms with E-state index in [1.165, 1.54) is 11.3 Å². The smallest absolute Gasteiger partial charge is 0.0367 e. The minimum atomic E-state index is 0.982. The molecule has 0 aromatic heterocycles. The molecular weight excluding hydrogens is 232 g/mol. The van der Waals surface area contributed by atoms with Crippen molar-refractivity contribution in [3.05, 3.63) is 54.1 Å². The van der Waals surface area contributed by atoms with Crippen LogP contribution in [0.5, 0.6) is 0 Å². The summed E-state index contributed by atoms with van der Waals surface area (Å²) < 4.78 is 0. The third kappa shape index (κ3) is 4.25. The molecule has 0 radical (unpaired) electrons. The average Bonchev–Trinajstić information content (AvgIpc) is 2.40. The minimum Gasteiger partial charge on any atom is -0.369 e. The Balaban J connectivity index is 1.92. The van der Waals surface area contributed by atoms with Gasteiger partial charge in [0.1, 0.15) is 0 Å². The molecule has 102 valence electrons. The molecule has 1 aromatic rings. The fraction of sp³-hybridized carbons (Fsp3) is 0.412. The lowest BCUT2D eigenvalue weighted by molar-refractivity contribution is 0.313. The molecule has 0 spiro atoms. The highest BCUT2D eigenvalue weighted by molar-refractivity contribution is 5.48. The summed E-state index contributed by atoms with van der Waals surface area (Å²) >= 11 is 0. The van der Waals surface area contributed by atoms with Crippen molar-refractivity contribution in [2.75, 3.05) is 38.1 Å². The summed E-state index contributed by atoms with van der Waals surface area (Å²) in [5, 5.41) is 0. The number of allylic oxidation sites excluding steroid dienone is 3. The Kier molecular flexibility index (Phi) is 4.80. The van der Waals surface area contributed by atoms with Crippen molar-refractivity contribution >= 4 is 5.69 Å². The van der Waals surface area contributed by atoms with Crippen LogP contribution in [0.1, 0.15) is 12.5 Å². The molecule has 0 N–H and O–H groups in total. The average molecular weight is 256 g/mol. The van der Waals surface area contributed by atoms with E-state index in [-0.39, 0.29) is 0 Å². The summed E-state index contributed by atoms with van der Waals surface area (Å²) in [7, 11) is 2.19. The number of piperazine rings is 1. The first-order valence-electron chi connectivity index (χ1n) is 6.99. The Morgan fingerprint density at radius 2 is 1.79 bits per heavy atom. The van der Waals surface area contributed by atoms with Crippen LogP contribution in [0, 0.1) is 0 Å². The standard InChI is InChI=1S/C17H24N2/c1-15(2)5-4-6-16-7-9-17(10-8-16)19-13-11-18(3)12-14-19/h4-5,7-10H,1,6,11-14H2,2-3H3/b5-4+. The normalized spacial score (nSPS) is 17.1. The van der Waals surface area contributed by atoms with Crippen molar-refractivity contribution < 1.29 is 0 Å². The minimum absolute atomic E-state index is 0.982. The maximum atomic E-state index is 3.87. The van der Waals surface area contributed by atoms with Gasteiger partial charge in [0, 0.05) is 31.9 Å². The molecule has 0 saturated carbocycles.